The van der Waals surface area contributed by atoms with Crippen molar-refractivity contribution in [3.63, 3.8) is 0 Å². The van der Waals surface area contributed by atoms with E-state index in [1.807, 2.05) is 23.1 Å². The minimum absolute atomic E-state index is 0.119. The minimum Gasteiger partial charge on any atom is -0.338 e. The molecule has 3 aromatic rings. The first-order chi connectivity index (χ1) is 12.9. The molecular weight excluding hydrogens is 380 g/mol. The number of thiazole rings is 1. The molecule has 1 atom stereocenters. The third kappa shape index (κ3) is 3.75. The minimum atomic E-state index is -3.34. The molecule has 0 radical (unpaired) electrons. The van der Waals surface area contributed by atoms with Gasteiger partial charge in [-0.3, -0.25) is 4.79 Å². The predicted molar refractivity (Wildman–Crippen MR) is 107 cm³/mol. The maximum absolute atomic E-state index is 12.9. The SMILES string of the molecule is CS(=O)(=O)c1cccc(C(=O)N2CCCC(c3nc4ccccc4s3)C2)c1. The van der Waals surface area contributed by atoms with E-state index in [1.54, 1.807) is 23.5 Å². The van der Waals surface area contributed by atoms with Crippen LogP contribution in [0.1, 0.15) is 34.1 Å². The van der Waals surface area contributed by atoms with Gasteiger partial charge in [-0.05, 0) is 43.2 Å². The van der Waals surface area contributed by atoms with Gasteiger partial charge in [0.1, 0.15) is 0 Å². The standard InChI is InChI=1S/C20H20N2O3S2/c1-27(24,25)16-8-4-6-14(12-16)20(23)22-11-5-7-15(13-22)19-21-17-9-2-3-10-18(17)26-19/h2-4,6,8-10,12,15H,5,7,11,13H2,1H3. The van der Waals surface area contributed by atoms with Crippen molar-refractivity contribution in [2.45, 2.75) is 23.7 Å². The summed E-state index contributed by atoms with van der Waals surface area (Å²) in [7, 11) is -3.34. The molecule has 0 aliphatic carbocycles. The lowest BCUT2D eigenvalue weighted by Crippen LogP contribution is -2.39. The maximum atomic E-state index is 12.9. The topological polar surface area (TPSA) is 67.3 Å². The van der Waals surface area contributed by atoms with E-state index in [1.165, 1.54) is 12.1 Å². The van der Waals surface area contributed by atoms with Crippen molar-refractivity contribution in [1.29, 1.82) is 0 Å². The van der Waals surface area contributed by atoms with E-state index < -0.39 is 9.84 Å². The Morgan fingerprint density at radius 1 is 1.19 bits per heavy atom. The number of carbonyl (C=O) groups is 1. The number of hydrogen-bond donors (Lipinski definition) is 0. The number of amides is 1. The molecule has 1 unspecified atom stereocenters. The van der Waals surface area contributed by atoms with Gasteiger partial charge in [0.25, 0.3) is 5.91 Å². The molecule has 1 amide bonds. The fraction of sp³-hybridized carbons (Fsp3) is 0.300. The summed E-state index contributed by atoms with van der Waals surface area (Å²) in [4.78, 5) is 19.7. The fourth-order valence-electron chi connectivity index (χ4n) is 3.47. The Labute approximate surface area is 162 Å². The van der Waals surface area contributed by atoms with Crippen LogP contribution in [-0.2, 0) is 9.84 Å². The number of fused-ring (bicyclic) bond motifs is 1. The van der Waals surface area contributed by atoms with Crippen molar-refractivity contribution >= 4 is 37.3 Å². The van der Waals surface area contributed by atoms with E-state index in [0.717, 1.165) is 34.3 Å². The first-order valence-corrected chi connectivity index (χ1v) is 11.6. The van der Waals surface area contributed by atoms with E-state index in [9.17, 15) is 13.2 Å². The third-order valence-electron chi connectivity index (χ3n) is 4.88. The first kappa shape index (κ1) is 18.1. The normalized spacial score (nSPS) is 18.0. The molecule has 1 fully saturated rings. The lowest BCUT2D eigenvalue weighted by atomic mass is 9.98. The summed E-state index contributed by atoms with van der Waals surface area (Å²) < 4.78 is 24.7. The molecule has 27 heavy (non-hydrogen) atoms. The number of benzene rings is 2. The molecule has 0 saturated carbocycles. The summed E-state index contributed by atoms with van der Waals surface area (Å²) in [5, 5.41) is 1.07. The summed E-state index contributed by atoms with van der Waals surface area (Å²) in [6.45, 7) is 1.30. The molecule has 0 bridgehead atoms. The smallest absolute Gasteiger partial charge is 0.253 e. The quantitative estimate of drug-likeness (QED) is 0.672. The molecular formula is C20H20N2O3S2. The van der Waals surface area contributed by atoms with Gasteiger partial charge in [0.05, 0.1) is 20.1 Å². The maximum Gasteiger partial charge on any atom is 0.253 e. The third-order valence-corrected chi connectivity index (χ3v) is 7.19. The summed E-state index contributed by atoms with van der Waals surface area (Å²) in [6, 6.07) is 14.4. The summed E-state index contributed by atoms with van der Waals surface area (Å²) in [6.07, 6.45) is 3.08. The summed E-state index contributed by atoms with van der Waals surface area (Å²) in [5.41, 5.74) is 1.42. The molecule has 1 aromatic heterocycles. The fourth-order valence-corrected chi connectivity index (χ4v) is 5.23. The Kier molecular flexibility index (Phi) is 4.74. The van der Waals surface area contributed by atoms with Crippen molar-refractivity contribution in [3.8, 4) is 0 Å². The first-order valence-electron chi connectivity index (χ1n) is 8.87. The molecule has 2 heterocycles. The molecule has 0 N–H and O–H groups in total. The second-order valence-corrected chi connectivity index (χ2v) is 9.99. The zero-order chi connectivity index (χ0) is 19.0. The number of aromatic nitrogens is 1. The van der Waals surface area contributed by atoms with Crippen LogP contribution in [0.2, 0.25) is 0 Å². The van der Waals surface area contributed by atoms with Gasteiger partial charge in [-0.25, -0.2) is 13.4 Å². The Hall–Kier alpha value is -2.25. The van der Waals surface area contributed by atoms with Gasteiger partial charge >= 0.3 is 0 Å². The van der Waals surface area contributed by atoms with E-state index in [2.05, 4.69) is 6.07 Å². The second kappa shape index (κ2) is 7.05. The summed E-state index contributed by atoms with van der Waals surface area (Å²) >= 11 is 1.69. The lowest BCUT2D eigenvalue weighted by molar-refractivity contribution is 0.0707. The van der Waals surface area contributed by atoms with Crippen molar-refractivity contribution in [2.75, 3.05) is 19.3 Å². The highest BCUT2D eigenvalue weighted by Gasteiger charge is 2.28. The molecule has 4 rings (SSSR count). The second-order valence-electron chi connectivity index (χ2n) is 6.91. The lowest BCUT2D eigenvalue weighted by Gasteiger charge is -2.32. The van der Waals surface area contributed by atoms with Crippen LogP contribution >= 0.6 is 11.3 Å². The van der Waals surface area contributed by atoms with Crippen LogP contribution in [0, 0.1) is 0 Å². The highest BCUT2D eigenvalue weighted by atomic mass is 32.2. The number of nitrogens with zero attached hydrogens (tertiary/aromatic N) is 2. The summed E-state index contributed by atoms with van der Waals surface area (Å²) in [5.74, 6) is 0.101. The molecule has 0 spiro atoms. The zero-order valence-electron chi connectivity index (χ0n) is 15.0. The highest BCUT2D eigenvalue weighted by molar-refractivity contribution is 7.90. The predicted octanol–water partition coefficient (Wildman–Crippen LogP) is 3.72. The van der Waals surface area contributed by atoms with Crippen LogP contribution in [0.5, 0.6) is 0 Å². The number of sulfone groups is 1. The number of rotatable bonds is 3. The van der Waals surface area contributed by atoms with Gasteiger partial charge in [0.15, 0.2) is 9.84 Å². The average Bonchev–Trinajstić information content (AvgIpc) is 3.11. The number of hydrogen-bond acceptors (Lipinski definition) is 5. The van der Waals surface area contributed by atoms with Crippen LogP contribution in [0.4, 0.5) is 0 Å². The van der Waals surface area contributed by atoms with Crippen LogP contribution in [0.25, 0.3) is 10.2 Å². The number of piperidine rings is 1. The molecule has 5 nitrogen and oxygen atoms in total. The van der Waals surface area contributed by atoms with Gasteiger partial charge in [0, 0.05) is 30.8 Å². The monoisotopic (exact) mass is 400 g/mol. The van der Waals surface area contributed by atoms with Crippen molar-refractivity contribution in [2.24, 2.45) is 0 Å². The number of likely N-dealkylation sites (tertiary alicyclic amines) is 1. The van der Waals surface area contributed by atoms with E-state index in [0.29, 0.717) is 18.7 Å². The van der Waals surface area contributed by atoms with E-state index >= 15 is 0 Å². The van der Waals surface area contributed by atoms with Crippen molar-refractivity contribution in [3.05, 3.63) is 59.1 Å². The molecule has 1 aliphatic heterocycles. The number of para-hydroxylation sites is 1. The Balaban J connectivity index is 1.57. The van der Waals surface area contributed by atoms with Gasteiger partial charge in [-0.15, -0.1) is 11.3 Å². The van der Waals surface area contributed by atoms with Gasteiger partial charge in [-0.1, -0.05) is 18.2 Å². The van der Waals surface area contributed by atoms with Crippen molar-refractivity contribution in [1.82, 2.24) is 9.88 Å². The van der Waals surface area contributed by atoms with E-state index in [-0.39, 0.29) is 16.7 Å². The number of carbonyl (C=O) groups excluding carboxylic acids is 1. The Morgan fingerprint density at radius 3 is 2.78 bits per heavy atom. The molecule has 140 valence electrons. The molecule has 1 saturated heterocycles. The molecule has 1 aliphatic rings. The molecule has 2 aromatic carbocycles. The van der Waals surface area contributed by atoms with Gasteiger partial charge in [0.2, 0.25) is 0 Å². The van der Waals surface area contributed by atoms with Crippen molar-refractivity contribution < 1.29 is 13.2 Å². The highest BCUT2D eigenvalue weighted by Crippen LogP contribution is 2.33. The van der Waals surface area contributed by atoms with Crippen LogP contribution < -0.4 is 0 Å². The van der Waals surface area contributed by atoms with Gasteiger partial charge in [-0.2, -0.15) is 0 Å². The van der Waals surface area contributed by atoms with Crippen LogP contribution in [0.3, 0.4) is 0 Å². The zero-order valence-corrected chi connectivity index (χ0v) is 16.6. The van der Waals surface area contributed by atoms with Crippen LogP contribution in [-0.4, -0.2) is 43.6 Å². The largest absolute Gasteiger partial charge is 0.338 e. The average molecular weight is 401 g/mol. The van der Waals surface area contributed by atoms with Gasteiger partial charge < -0.3 is 4.90 Å². The Bertz CT molecular complexity index is 1070. The molecule has 7 heteroatoms. The van der Waals surface area contributed by atoms with E-state index in [4.69, 9.17) is 4.98 Å². The Morgan fingerprint density at radius 2 is 2.00 bits per heavy atom. The van der Waals surface area contributed by atoms with Crippen LogP contribution in [0.15, 0.2) is 53.4 Å².